The summed E-state index contributed by atoms with van der Waals surface area (Å²) in [6.45, 7) is 0. The Labute approximate surface area is 57.2 Å². The van der Waals surface area contributed by atoms with Crippen LogP contribution in [-0.2, 0) is 0 Å². The lowest BCUT2D eigenvalue weighted by atomic mass is 10.4. The highest BCUT2D eigenvalue weighted by atomic mass is 35.5. The Morgan fingerprint density at radius 2 is 2.33 bits per heavy atom. The number of H-pyrrole nitrogens is 1. The topological polar surface area (TPSA) is 20.7 Å². The molecule has 2 aromatic heterocycles. The zero-order valence-electron chi connectivity index (χ0n) is 4.63. The highest BCUT2D eigenvalue weighted by Gasteiger charge is 1.95. The van der Waals surface area contributed by atoms with Crippen LogP contribution in [0.15, 0.2) is 24.5 Å². The fourth-order valence-corrected chi connectivity index (χ4v) is 1.12. The molecule has 1 N–H and O–H groups in total. The summed E-state index contributed by atoms with van der Waals surface area (Å²) in [6.07, 6.45) is 3.67. The second-order valence-electron chi connectivity index (χ2n) is 1.91. The smallest absolute Gasteiger partial charge is 0.132 e. The molecule has 0 bridgehead atoms. The van der Waals surface area contributed by atoms with Crippen LogP contribution in [0.3, 0.4) is 0 Å². The Kier molecular flexibility index (Phi) is 0.848. The predicted octanol–water partition coefficient (Wildman–Crippen LogP) is 1.97. The van der Waals surface area contributed by atoms with Crippen LogP contribution in [-0.4, -0.2) is 9.07 Å². The highest BCUT2D eigenvalue weighted by Crippen LogP contribution is 2.13. The van der Waals surface area contributed by atoms with Gasteiger partial charge in [0.05, 0.1) is 0 Å². The van der Waals surface area contributed by atoms with Crippen molar-refractivity contribution in [3.63, 3.8) is 0 Å². The number of hydrogen-bond acceptors (Lipinski definition) is 0. The van der Waals surface area contributed by atoms with Gasteiger partial charge in [-0.05, 0) is 12.1 Å². The van der Waals surface area contributed by atoms with Gasteiger partial charge < -0.3 is 4.98 Å². The maximum atomic E-state index is 5.70. The average molecular weight is 141 g/mol. The zero-order chi connectivity index (χ0) is 6.27. The second-order valence-corrected chi connectivity index (χ2v) is 2.27. The first kappa shape index (κ1) is 4.94. The molecule has 0 radical (unpaired) electrons. The molecule has 0 atom stereocenters. The molecule has 46 valence electrons. The van der Waals surface area contributed by atoms with Gasteiger partial charge in [0.2, 0.25) is 0 Å². The van der Waals surface area contributed by atoms with Gasteiger partial charge in [-0.15, -0.1) is 0 Å². The van der Waals surface area contributed by atoms with Gasteiger partial charge in [-0.25, -0.2) is 4.09 Å². The summed E-state index contributed by atoms with van der Waals surface area (Å²) >= 11 is 5.70. The Morgan fingerprint density at radius 3 is 3.11 bits per heavy atom. The Hall–Kier alpha value is -0.890. The predicted molar refractivity (Wildman–Crippen MR) is 37.5 cm³/mol. The molecule has 0 aliphatic carbocycles. The van der Waals surface area contributed by atoms with Crippen LogP contribution in [0.2, 0.25) is 0 Å². The van der Waals surface area contributed by atoms with Crippen molar-refractivity contribution in [3.05, 3.63) is 24.5 Å². The number of aromatic amines is 1. The molecule has 0 aliphatic heterocycles. The third-order valence-corrected chi connectivity index (χ3v) is 1.64. The number of nitrogens with one attached hydrogen (secondary N) is 1. The van der Waals surface area contributed by atoms with Crippen molar-refractivity contribution >= 4 is 22.8 Å². The first-order chi connectivity index (χ1) is 4.38. The van der Waals surface area contributed by atoms with E-state index < -0.39 is 0 Å². The van der Waals surface area contributed by atoms with E-state index >= 15 is 0 Å². The lowest BCUT2D eigenvalue weighted by Crippen LogP contribution is -1.73. The molecule has 9 heavy (non-hydrogen) atoms. The molecule has 0 saturated carbocycles. The first-order valence-electron chi connectivity index (χ1n) is 2.68. The Balaban J connectivity index is 2.99. The van der Waals surface area contributed by atoms with Crippen molar-refractivity contribution in [1.29, 1.82) is 0 Å². The van der Waals surface area contributed by atoms with Gasteiger partial charge in [-0.2, -0.15) is 0 Å². The number of hydrogen-bond donors (Lipinski definition) is 1. The third-order valence-electron chi connectivity index (χ3n) is 1.35. The van der Waals surface area contributed by atoms with E-state index in [1.54, 1.807) is 0 Å². The average Bonchev–Trinajstić information content (AvgIpc) is 2.35. The van der Waals surface area contributed by atoms with Crippen LogP contribution < -0.4 is 0 Å². The zero-order valence-corrected chi connectivity index (χ0v) is 5.39. The molecule has 0 amide bonds. The number of rotatable bonds is 0. The van der Waals surface area contributed by atoms with Crippen molar-refractivity contribution in [1.82, 2.24) is 9.07 Å². The summed E-state index contributed by atoms with van der Waals surface area (Å²) in [5.41, 5.74) is 0.955. The fraction of sp³-hybridized carbons (Fsp3) is 0. The van der Waals surface area contributed by atoms with Gasteiger partial charge in [-0.1, -0.05) is 0 Å². The van der Waals surface area contributed by atoms with Crippen LogP contribution in [0.5, 0.6) is 0 Å². The summed E-state index contributed by atoms with van der Waals surface area (Å²) in [7, 11) is 0. The summed E-state index contributed by atoms with van der Waals surface area (Å²) in [5.74, 6) is 0. The van der Waals surface area contributed by atoms with Crippen LogP contribution >= 0.6 is 11.8 Å². The summed E-state index contributed by atoms with van der Waals surface area (Å²) in [6, 6.07) is 3.94. The van der Waals surface area contributed by atoms with Gasteiger partial charge in [0.1, 0.15) is 5.65 Å². The molecule has 0 aliphatic rings. The molecular formula is C6H5ClN2. The molecule has 3 heteroatoms. The number of aromatic nitrogens is 2. The van der Waals surface area contributed by atoms with Gasteiger partial charge >= 0.3 is 0 Å². The highest BCUT2D eigenvalue weighted by molar-refractivity contribution is 6.18. The monoisotopic (exact) mass is 140 g/mol. The summed E-state index contributed by atoms with van der Waals surface area (Å²) < 4.78 is 1.54. The molecule has 2 rings (SSSR count). The third kappa shape index (κ3) is 0.566. The fourth-order valence-electron chi connectivity index (χ4n) is 0.912. The lowest BCUT2D eigenvalue weighted by molar-refractivity contribution is 1.26. The van der Waals surface area contributed by atoms with Crippen molar-refractivity contribution in [2.45, 2.75) is 0 Å². The minimum atomic E-state index is 0.955. The maximum Gasteiger partial charge on any atom is 0.132 e. The van der Waals surface area contributed by atoms with E-state index in [2.05, 4.69) is 4.98 Å². The number of nitrogens with zero attached hydrogens (tertiary/aromatic N) is 1. The molecule has 0 fully saturated rings. The number of fused-ring (bicyclic) bond motifs is 1. The normalized spacial score (nSPS) is 10.8. The van der Waals surface area contributed by atoms with Crippen molar-refractivity contribution in [3.8, 4) is 0 Å². The van der Waals surface area contributed by atoms with E-state index in [9.17, 15) is 0 Å². The van der Waals surface area contributed by atoms with E-state index in [0.29, 0.717) is 0 Å². The van der Waals surface area contributed by atoms with Gasteiger partial charge in [0.15, 0.2) is 0 Å². The Bertz CT molecular complexity index is 320. The number of halogens is 1. The molecule has 0 spiro atoms. The standard InChI is InChI=1S/C6H5ClN2/c7-9-4-2-5-1-3-8-6(5)9/h1-4,8H. The molecule has 0 aromatic carbocycles. The molecular weight excluding hydrogens is 136 g/mol. The SMILES string of the molecule is Cln1ccc2cc[nH]c21. The minimum absolute atomic E-state index is 0.955. The molecule has 0 unspecified atom stereocenters. The van der Waals surface area contributed by atoms with Crippen LogP contribution in [0.25, 0.3) is 11.0 Å². The summed E-state index contributed by atoms with van der Waals surface area (Å²) in [4.78, 5) is 3.00. The largest absolute Gasteiger partial charge is 0.347 e. The van der Waals surface area contributed by atoms with E-state index in [1.807, 2.05) is 24.5 Å². The molecule has 2 aromatic rings. The van der Waals surface area contributed by atoms with E-state index in [0.717, 1.165) is 11.0 Å². The summed E-state index contributed by atoms with van der Waals surface area (Å²) in [5, 5.41) is 1.14. The van der Waals surface area contributed by atoms with Crippen LogP contribution in [0, 0.1) is 0 Å². The van der Waals surface area contributed by atoms with Crippen molar-refractivity contribution in [2.75, 3.05) is 0 Å². The van der Waals surface area contributed by atoms with Gasteiger partial charge in [0, 0.05) is 29.6 Å². The van der Waals surface area contributed by atoms with E-state index in [-0.39, 0.29) is 0 Å². The minimum Gasteiger partial charge on any atom is -0.347 e. The van der Waals surface area contributed by atoms with Gasteiger partial charge in [-0.3, -0.25) is 0 Å². The first-order valence-corrected chi connectivity index (χ1v) is 3.02. The lowest BCUT2D eigenvalue weighted by Gasteiger charge is -1.82. The van der Waals surface area contributed by atoms with Crippen LogP contribution in [0.4, 0.5) is 0 Å². The van der Waals surface area contributed by atoms with Crippen molar-refractivity contribution in [2.24, 2.45) is 0 Å². The maximum absolute atomic E-state index is 5.70. The van der Waals surface area contributed by atoms with Gasteiger partial charge in [0.25, 0.3) is 0 Å². The molecule has 0 saturated heterocycles. The molecule has 2 heterocycles. The van der Waals surface area contributed by atoms with Crippen molar-refractivity contribution < 1.29 is 0 Å². The van der Waals surface area contributed by atoms with E-state index in [4.69, 9.17) is 11.8 Å². The second kappa shape index (κ2) is 1.54. The quantitative estimate of drug-likeness (QED) is 0.578. The van der Waals surface area contributed by atoms with E-state index in [1.165, 1.54) is 4.09 Å². The Morgan fingerprint density at radius 1 is 1.44 bits per heavy atom. The molecule has 2 nitrogen and oxygen atoms in total. The van der Waals surface area contributed by atoms with Crippen LogP contribution in [0.1, 0.15) is 0 Å².